The van der Waals surface area contributed by atoms with E-state index >= 15 is 0 Å². The van der Waals surface area contributed by atoms with Gasteiger partial charge < -0.3 is 14.6 Å². The number of nitrogens with zero attached hydrogens (tertiary/aromatic N) is 1. The van der Waals surface area contributed by atoms with E-state index in [0.717, 1.165) is 25.7 Å². The van der Waals surface area contributed by atoms with Crippen LogP contribution in [0.5, 0.6) is 5.75 Å². The molecule has 146 valence electrons. The Morgan fingerprint density at radius 3 is 2.30 bits per heavy atom. The molecule has 3 rings (SSSR count). The fourth-order valence-corrected chi connectivity index (χ4v) is 3.77. The summed E-state index contributed by atoms with van der Waals surface area (Å²) >= 11 is 0. The monoisotopic (exact) mass is 375 g/mol. The van der Waals surface area contributed by atoms with Gasteiger partial charge in [-0.15, -0.1) is 0 Å². The van der Waals surface area contributed by atoms with Gasteiger partial charge in [-0.3, -0.25) is 14.5 Å². The molecule has 27 heavy (non-hydrogen) atoms. The van der Waals surface area contributed by atoms with E-state index in [4.69, 9.17) is 9.47 Å². The highest BCUT2D eigenvalue weighted by Gasteiger charge is 2.48. The Kier molecular flexibility index (Phi) is 6.11. The predicted octanol–water partition coefficient (Wildman–Crippen LogP) is 1.78. The lowest BCUT2D eigenvalue weighted by Gasteiger charge is -2.19. The van der Waals surface area contributed by atoms with Gasteiger partial charge in [0.1, 0.15) is 18.5 Å². The maximum absolute atomic E-state index is 12.4. The third-order valence-corrected chi connectivity index (χ3v) is 5.13. The fourth-order valence-electron chi connectivity index (χ4n) is 3.77. The summed E-state index contributed by atoms with van der Waals surface area (Å²) in [6.07, 6.45) is 2.49. The number of ether oxygens (including phenoxy) is 2. The van der Waals surface area contributed by atoms with Crippen LogP contribution < -0.4 is 4.74 Å². The number of benzene rings is 1. The van der Waals surface area contributed by atoms with Crippen LogP contribution in [0.15, 0.2) is 24.3 Å². The van der Waals surface area contributed by atoms with Crippen molar-refractivity contribution in [1.29, 1.82) is 0 Å². The van der Waals surface area contributed by atoms with Gasteiger partial charge in [-0.05, 0) is 44.0 Å². The SMILES string of the molecule is CCOC(=O)c1ccc(OCC(O)CN2C(=O)C3CCCCC3C2=O)cc1. The Morgan fingerprint density at radius 2 is 1.74 bits per heavy atom. The van der Waals surface area contributed by atoms with Crippen molar-refractivity contribution in [1.82, 2.24) is 4.90 Å². The van der Waals surface area contributed by atoms with Gasteiger partial charge in [0.15, 0.2) is 0 Å². The molecule has 7 nitrogen and oxygen atoms in total. The maximum atomic E-state index is 12.4. The number of esters is 1. The molecule has 3 atom stereocenters. The zero-order valence-corrected chi connectivity index (χ0v) is 15.4. The molecule has 0 radical (unpaired) electrons. The molecule has 3 unspecified atom stereocenters. The first-order valence-electron chi connectivity index (χ1n) is 9.44. The van der Waals surface area contributed by atoms with Crippen LogP contribution in [0.1, 0.15) is 43.0 Å². The molecule has 7 heteroatoms. The van der Waals surface area contributed by atoms with Crippen LogP contribution in [0.2, 0.25) is 0 Å². The summed E-state index contributed by atoms with van der Waals surface area (Å²) in [5, 5.41) is 10.2. The molecule has 1 aliphatic heterocycles. The summed E-state index contributed by atoms with van der Waals surface area (Å²) < 4.78 is 10.4. The predicted molar refractivity (Wildman–Crippen MR) is 96.1 cm³/mol. The van der Waals surface area contributed by atoms with Crippen molar-refractivity contribution in [3.8, 4) is 5.75 Å². The lowest BCUT2D eigenvalue weighted by molar-refractivity contribution is -0.141. The average molecular weight is 375 g/mol. The van der Waals surface area contributed by atoms with Crippen molar-refractivity contribution >= 4 is 17.8 Å². The lowest BCUT2D eigenvalue weighted by Crippen LogP contribution is -2.40. The van der Waals surface area contributed by atoms with Gasteiger partial charge in [0.2, 0.25) is 11.8 Å². The van der Waals surface area contributed by atoms with Crippen molar-refractivity contribution in [2.75, 3.05) is 19.8 Å². The van der Waals surface area contributed by atoms with Gasteiger partial charge in [0, 0.05) is 0 Å². The molecule has 1 saturated heterocycles. The standard InChI is InChI=1S/C20H25NO6/c1-2-26-20(25)13-7-9-15(10-8-13)27-12-14(22)11-21-18(23)16-5-3-4-6-17(16)19(21)24/h7-10,14,16-17,22H,2-6,11-12H2,1H3. The van der Waals surface area contributed by atoms with Crippen LogP contribution >= 0.6 is 0 Å². The summed E-state index contributed by atoms with van der Waals surface area (Å²) in [5.41, 5.74) is 0.417. The first kappa shape index (κ1) is 19.4. The number of aliphatic hydroxyl groups excluding tert-OH is 1. The quantitative estimate of drug-likeness (QED) is 0.577. The van der Waals surface area contributed by atoms with Gasteiger partial charge in [-0.2, -0.15) is 0 Å². The molecule has 1 saturated carbocycles. The Hall–Kier alpha value is -2.41. The number of hydrogen-bond donors (Lipinski definition) is 1. The van der Waals surface area contributed by atoms with E-state index in [2.05, 4.69) is 0 Å². The molecular weight excluding hydrogens is 350 g/mol. The summed E-state index contributed by atoms with van der Waals surface area (Å²) in [6, 6.07) is 6.38. The molecule has 0 spiro atoms. The average Bonchev–Trinajstić information content (AvgIpc) is 2.92. The molecule has 1 aliphatic carbocycles. The summed E-state index contributed by atoms with van der Waals surface area (Å²) in [6.45, 7) is 1.94. The highest BCUT2D eigenvalue weighted by molar-refractivity contribution is 6.05. The Balaban J connectivity index is 1.51. The fraction of sp³-hybridized carbons (Fsp3) is 0.550. The van der Waals surface area contributed by atoms with Crippen LogP contribution in [0.3, 0.4) is 0 Å². The minimum absolute atomic E-state index is 0.0500. The molecule has 2 aliphatic rings. The Morgan fingerprint density at radius 1 is 1.15 bits per heavy atom. The zero-order valence-electron chi connectivity index (χ0n) is 15.4. The minimum Gasteiger partial charge on any atom is -0.491 e. The van der Waals surface area contributed by atoms with Gasteiger partial charge in [0.25, 0.3) is 0 Å². The lowest BCUT2D eigenvalue weighted by atomic mass is 9.81. The molecule has 1 heterocycles. The second-order valence-electron chi connectivity index (χ2n) is 6.99. The highest BCUT2D eigenvalue weighted by atomic mass is 16.5. The largest absolute Gasteiger partial charge is 0.491 e. The maximum Gasteiger partial charge on any atom is 0.338 e. The number of amides is 2. The second-order valence-corrected chi connectivity index (χ2v) is 6.99. The molecule has 1 N–H and O–H groups in total. The Labute approximate surface area is 158 Å². The topological polar surface area (TPSA) is 93.1 Å². The van der Waals surface area contributed by atoms with Crippen LogP contribution in [0, 0.1) is 11.8 Å². The number of carbonyl (C=O) groups is 3. The number of β-amino-alcohol motifs (C(OH)–C–C–N with tert-alkyl or cyclic N) is 1. The van der Waals surface area contributed by atoms with Crippen LogP contribution in [-0.2, 0) is 14.3 Å². The van der Waals surface area contributed by atoms with Crippen molar-refractivity contribution < 1.29 is 29.0 Å². The number of hydrogen-bond acceptors (Lipinski definition) is 6. The van der Waals surface area contributed by atoms with Gasteiger partial charge >= 0.3 is 5.97 Å². The molecule has 0 bridgehead atoms. The third-order valence-electron chi connectivity index (χ3n) is 5.13. The first-order chi connectivity index (χ1) is 13.0. The summed E-state index contributed by atoms with van der Waals surface area (Å²) in [4.78, 5) is 37.7. The number of imide groups is 1. The molecule has 1 aromatic rings. The number of aliphatic hydroxyl groups is 1. The first-order valence-corrected chi connectivity index (χ1v) is 9.44. The normalized spacial score (nSPS) is 23.1. The van der Waals surface area contributed by atoms with Crippen LogP contribution in [0.4, 0.5) is 0 Å². The van der Waals surface area contributed by atoms with E-state index in [0.29, 0.717) is 17.9 Å². The van der Waals surface area contributed by atoms with E-state index in [9.17, 15) is 19.5 Å². The van der Waals surface area contributed by atoms with E-state index in [1.54, 1.807) is 31.2 Å². The highest BCUT2D eigenvalue weighted by Crippen LogP contribution is 2.37. The number of likely N-dealkylation sites (tertiary alicyclic amines) is 1. The minimum atomic E-state index is -0.970. The Bertz CT molecular complexity index is 677. The van der Waals surface area contributed by atoms with E-state index in [-0.39, 0.29) is 36.8 Å². The van der Waals surface area contributed by atoms with E-state index in [1.165, 1.54) is 4.90 Å². The number of fused-ring (bicyclic) bond motifs is 1. The number of carbonyl (C=O) groups excluding carboxylic acids is 3. The zero-order chi connectivity index (χ0) is 19.4. The summed E-state index contributed by atoms with van der Waals surface area (Å²) in [7, 11) is 0. The van der Waals surface area contributed by atoms with Crippen molar-refractivity contribution in [2.45, 2.75) is 38.7 Å². The molecular formula is C20H25NO6. The van der Waals surface area contributed by atoms with Gasteiger partial charge in [0.05, 0.1) is 30.6 Å². The van der Waals surface area contributed by atoms with Crippen molar-refractivity contribution in [3.63, 3.8) is 0 Å². The van der Waals surface area contributed by atoms with Gasteiger partial charge in [-0.25, -0.2) is 4.79 Å². The van der Waals surface area contributed by atoms with Crippen molar-refractivity contribution in [3.05, 3.63) is 29.8 Å². The van der Waals surface area contributed by atoms with Crippen molar-refractivity contribution in [2.24, 2.45) is 11.8 Å². The van der Waals surface area contributed by atoms with Crippen LogP contribution in [-0.4, -0.2) is 53.7 Å². The number of rotatable bonds is 7. The molecule has 1 aromatic carbocycles. The van der Waals surface area contributed by atoms with E-state index < -0.39 is 12.1 Å². The molecule has 2 amide bonds. The molecule has 2 fully saturated rings. The third kappa shape index (κ3) is 4.30. The summed E-state index contributed by atoms with van der Waals surface area (Å²) in [5.74, 6) is -0.680. The van der Waals surface area contributed by atoms with Crippen LogP contribution in [0.25, 0.3) is 0 Å². The molecule has 0 aromatic heterocycles. The second kappa shape index (κ2) is 8.52. The van der Waals surface area contributed by atoms with E-state index in [1.807, 2.05) is 0 Å². The van der Waals surface area contributed by atoms with Gasteiger partial charge in [-0.1, -0.05) is 12.8 Å². The smallest absolute Gasteiger partial charge is 0.338 e.